The van der Waals surface area contributed by atoms with E-state index in [1.807, 2.05) is 0 Å². The molecule has 3 N–H and O–H groups in total. The van der Waals surface area contributed by atoms with E-state index in [9.17, 15) is 26.7 Å². The number of benzene rings is 1. The maximum atomic E-state index is 13.6. The first-order valence-corrected chi connectivity index (χ1v) is 11.2. The van der Waals surface area contributed by atoms with Crippen LogP contribution in [0.15, 0.2) is 30.6 Å². The van der Waals surface area contributed by atoms with E-state index in [0.29, 0.717) is 16.5 Å². The Hall–Kier alpha value is -3.81. The van der Waals surface area contributed by atoms with Crippen LogP contribution in [0.1, 0.15) is 24.5 Å². The number of halogens is 6. The fourth-order valence-electron chi connectivity index (χ4n) is 4.34. The fraction of sp³-hybridized carbons (Fsp3) is 0.318. The molecule has 194 valence electrons. The Labute approximate surface area is 210 Å². The van der Waals surface area contributed by atoms with Crippen molar-refractivity contribution in [1.29, 1.82) is 0 Å². The molecule has 9 nitrogen and oxygen atoms in total. The zero-order valence-corrected chi connectivity index (χ0v) is 20.0. The molecule has 1 atom stereocenters. The number of amides is 1. The molecule has 4 aromatic rings. The van der Waals surface area contributed by atoms with Crippen molar-refractivity contribution < 1.29 is 26.7 Å². The quantitative estimate of drug-likeness (QED) is 0.364. The highest BCUT2D eigenvalue weighted by atomic mass is 35.5. The van der Waals surface area contributed by atoms with E-state index >= 15 is 0 Å². The first kappa shape index (κ1) is 24.9. The van der Waals surface area contributed by atoms with Crippen LogP contribution in [0, 0.1) is 0 Å². The van der Waals surface area contributed by atoms with Crippen LogP contribution in [0.4, 0.5) is 33.6 Å². The van der Waals surface area contributed by atoms with E-state index in [1.54, 1.807) is 20.2 Å². The maximum Gasteiger partial charge on any atom is 0.453 e. The molecule has 1 unspecified atom stereocenters. The lowest BCUT2D eigenvalue weighted by Crippen LogP contribution is -2.37. The van der Waals surface area contributed by atoms with Gasteiger partial charge in [-0.25, -0.2) is 9.97 Å². The van der Waals surface area contributed by atoms with Crippen molar-refractivity contribution in [3.8, 4) is 11.5 Å². The van der Waals surface area contributed by atoms with Crippen molar-refractivity contribution in [2.75, 3.05) is 11.1 Å². The lowest BCUT2D eigenvalue weighted by atomic mass is 9.79. The lowest BCUT2D eigenvalue weighted by Gasteiger charge is -2.21. The van der Waals surface area contributed by atoms with Gasteiger partial charge in [-0.1, -0.05) is 11.6 Å². The Morgan fingerprint density at radius 1 is 1.19 bits per heavy atom. The number of aromatic nitrogens is 6. The van der Waals surface area contributed by atoms with Crippen molar-refractivity contribution in [1.82, 2.24) is 29.5 Å². The van der Waals surface area contributed by atoms with Crippen LogP contribution < -0.4 is 11.1 Å². The Kier molecular flexibility index (Phi) is 5.44. The number of carbonyl (C=O) groups is 1. The molecule has 4 heterocycles. The van der Waals surface area contributed by atoms with Crippen LogP contribution in [-0.2, 0) is 23.8 Å². The van der Waals surface area contributed by atoms with Gasteiger partial charge < -0.3 is 11.1 Å². The fourth-order valence-corrected chi connectivity index (χ4v) is 4.51. The van der Waals surface area contributed by atoms with Gasteiger partial charge in [0.05, 0.1) is 17.3 Å². The van der Waals surface area contributed by atoms with Crippen LogP contribution in [0.5, 0.6) is 0 Å². The topological polar surface area (TPSA) is 117 Å². The van der Waals surface area contributed by atoms with Crippen molar-refractivity contribution >= 4 is 40.0 Å². The SMILES string of the molecule is Cn1cc(C2(C)C(=O)Nc3nc(-c4nn(CCC(F)(F)C(F)(F)F)c5cc(Cl)ccc45)nc(N)c32)cn1. The standard InChI is InChI=1S/C22H18ClF5N8O/c1-20(10-8-30-35(2)9-10)14-16(29)31-18(32-17(14)33-19(20)37)15-12-4-3-11(23)7-13(12)36(34-15)6-5-21(24,25)22(26,27)28/h3-4,7-9H,5-6H2,1-2H3,(H3,29,31,32,33,37). The molecule has 0 radical (unpaired) electrons. The smallest absolute Gasteiger partial charge is 0.383 e. The summed E-state index contributed by atoms with van der Waals surface area (Å²) in [5.74, 6) is -5.30. The second-order valence-electron chi connectivity index (χ2n) is 8.82. The molecule has 0 saturated heterocycles. The van der Waals surface area contributed by atoms with Gasteiger partial charge in [0.25, 0.3) is 0 Å². The molecular formula is C22H18ClF5N8O. The van der Waals surface area contributed by atoms with Crippen molar-refractivity contribution in [3.63, 3.8) is 0 Å². The molecule has 0 bridgehead atoms. The van der Waals surface area contributed by atoms with Crippen molar-refractivity contribution in [3.05, 3.63) is 46.7 Å². The number of fused-ring (bicyclic) bond motifs is 2. The number of hydrogen-bond donors (Lipinski definition) is 2. The molecule has 0 saturated carbocycles. The van der Waals surface area contributed by atoms with Gasteiger partial charge in [0.1, 0.15) is 22.7 Å². The second kappa shape index (κ2) is 8.10. The van der Waals surface area contributed by atoms with E-state index in [4.69, 9.17) is 17.3 Å². The summed E-state index contributed by atoms with van der Waals surface area (Å²) in [7, 11) is 1.70. The Balaban J connectivity index is 1.60. The van der Waals surface area contributed by atoms with Crippen LogP contribution in [0.2, 0.25) is 5.02 Å². The zero-order chi connectivity index (χ0) is 26.9. The number of aryl methyl sites for hydroxylation is 2. The number of nitrogens with zero attached hydrogens (tertiary/aromatic N) is 6. The molecule has 1 aromatic carbocycles. The first-order chi connectivity index (χ1) is 17.2. The van der Waals surface area contributed by atoms with Gasteiger partial charge in [-0.3, -0.25) is 14.2 Å². The third kappa shape index (κ3) is 3.86. The minimum absolute atomic E-state index is 0.0371. The summed E-state index contributed by atoms with van der Waals surface area (Å²) in [5.41, 5.74) is 6.20. The summed E-state index contributed by atoms with van der Waals surface area (Å²) in [6.45, 7) is 0.886. The number of alkyl halides is 5. The van der Waals surface area contributed by atoms with Gasteiger partial charge >= 0.3 is 12.1 Å². The Morgan fingerprint density at radius 2 is 1.92 bits per heavy atom. The summed E-state index contributed by atoms with van der Waals surface area (Å²) in [6, 6.07) is 4.41. The van der Waals surface area contributed by atoms with Crippen LogP contribution in [-0.4, -0.2) is 47.5 Å². The van der Waals surface area contributed by atoms with E-state index in [-0.39, 0.29) is 33.7 Å². The molecule has 3 aromatic heterocycles. The summed E-state index contributed by atoms with van der Waals surface area (Å²) >= 11 is 6.04. The van der Waals surface area contributed by atoms with Crippen LogP contribution in [0.25, 0.3) is 22.4 Å². The molecular weight excluding hydrogens is 523 g/mol. The predicted molar refractivity (Wildman–Crippen MR) is 124 cm³/mol. The number of nitrogens with two attached hydrogens (primary N) is 1. The zero-order valence-electron chi connectivity index (χ0n) is 19.2. The van der Waals surface area contributed by atoms with Crippen molar-refractivity contribution in [2.45, 2.75) is 37.4 Å². The largest absolute Gasteiger partial charge is 0.453 e. The monoisotopic (exact) mass is 540 g/mol. The number of rotatable bonds is 5. The molecule has 0 spiro atoms. The summed E-state index contributed by atoms with van der Waals surface area (Å²) in [6.07, 6.45) is -4.05. The molecule has 1 aliphatic heterocycles. The van der Waals surface area contributed by atoms with E-state index in [2.05, 4.69) is 25.5 Å². The number of carbonyl (C=O) groups excluding carboxylic acids is 1. The van der Waals surface area contributed by atoms with Gasteiger partial charge in [-0.15, -0.1) is 0 Å². The molecule has 0 fully saturated rings. The minimum atomic E-state index is -5.70. The van der Waals surface area contributed by atoms with Crippen LogP contribution in [0.3, 0.4) is 0 Å². The average Bonchev–Trinajstić information content (AvgIpc) is 3.46. The minimum Gasteiger partial charge on any atom is -0.383 e. The Bertz CT molecular complexity index is 1560. The molecule has 1 amide bonds. The van der Waals surface area contributed by atoms with E-state index in [1.165, 1.54) is 29.1 Å². The summed E-state index contributed by atoms with van der Waals surface area (Å²) in [4.78, 5) is 21.7. The third-order valence-corrected chi connectivity index (χ3v) is 6.62. The van der Waals surface area contributed by atoms with Crippen molar-refractivity contribution in [2.24, 2.45) is 7.05 Å². The summed E-state index contributed by atoms with van der Waals surface area (Å²) in [5, 5.41) is 11.6. The lowest BCUT2D eigenvalue weighted by molar-refractivity contribution is -0.285. The van der Waals surface area contributed by atoms with Gasteiger partial charge in [0.2, 0.25) is 5.91 Å². The molecule has 37 heavy (non-hydrogen) atoms. The first-order valence-electron chi connectivity index (χ1n) is 10.8. The normalized spacial score (nSPS) is 17.9. The number of anilines is 2. The van der Waals surface area contributed by atoms with Gasteiger partial charge in [-0.05, 0) is 25.1 Å². The van der Waals surface area contributed by atoms with Gasteiger partial charge in [-0.2, -0.15) is 32.1 Å². The average molecular weight is 541 g/mol. The molecule has 1 aliphatic rings. The Morgan fingerprint density at radius 3 is 2.57 bits per heavy atom. The highest BCUT2D eigenvalue weighted by Gasteiger charge is 2.56. The maximum absolute atomic E-state index is 13.6. The molecule has 5 rings (SSSR count). The van der Waals surface area contributed by atoms with E-state index in [0.717, 1.165) is 4.68 Å². The highest BCUT2D eigenvalue weighted by Crippen LogP contribution is 2.45. The van der Waals surface area contributed by atoms with Gasteiger partial charge in [0, 0.05) is 42.2 Å². The highest BCUT2D eigenvalue weighted by molar-refractivity contribution is 6.31. The van der Waals surface area contributed by atoms with E-state index < -0.39 is 36.4 Å². The number of nitrogens with one attached hydrogen (secondary N) is 1. The molecule has 0 aliphatic carbocycles. The second-order valence-corrected chi connectivity index (χ2v) is 9.26. The number of nitrogen functional groups attached to an aromatic ring is 1. The number of hydrogen-bond acceptors (Lipinski definition) is 6. The summed E-state index contributed by atoms with van der Waals surface area (Å²) < 4.78 is 67.8. The third-order valence-electron chi connectivity index (χ3n) is 6.38. The predicted octanol–water partition coefficient (Wildman–Crippen LogP) is 4.31. The van der Waals surface area contributed by atoms with Crippen LogP contribution >= 0.6 is 11.6 Å². The molecule has 15 heteroatoms. The van der Waals surface area contributed by atoms with Gasteiger partial charge in [0.15, 0.2) is 5.82 Å².